The molecule has 0 atom stereocenters. The lowest BCUT2D eigenvalue weighted by atomic mass is 10.4. The van der Waals surface area contributed by atoms with Crippen LogP contribution in [0, 0.1) is 11.6 Å². The molecular formula is C10H11F2N5. The Kier molecular flexibility index (Phi) is 2.90. The Morgan fingerprint density at radius 3 is 2.82 bits per heavy atom. The van der Waals surface area contributed by atoms with Gasteiger partial charge in [0.1, 0.15) is 0 Å². The monoisotopic (exact) mass is 239 g/mol. The average molecular weight is 239 g/mol. The molecule has 0 saturated heterocycles. The summed E-state index contributed by atoms with van der Waals surface area (Å²) in [5.74, 6) is -2.08. The number of anilines is 2. The maximum Gasteiger partial charge on any atom is 0.168 e. The minimum Gasteiger partial charge on any atom is -0.381 e. The molecule has 0 aliphatic rings. The third-order valence-electron chi connectivity index (χ3n) is 2.16. The minimum absolute atomic E-state index is 0.0884. The summed E-state index contributed by atoms with van der Waals surface area (Å²) in [6.45, 7) is 0.288. The molecule has 2 rings (SSSR count). The lowest BCUT2D eigenvalue weighted by Gasteiger charge is -2.06. The number of rotatable bonds is 3. The highest BCUT2D eigenvalue weighted by atomic mass is 19.1. The number of hydrogen-bond donors (Lipinski definition) is 2. The standard InChI is InChI=1S/C10H11F2N5/c1-17-3-2-6(16-17)5-14-10-8(12)4-7(11)9(13)15-10/h2-4H,5H2,1H3,(H3,13,14,15). The van der Waals surface area contributed by atoms with E-state index in [4.69, 9.17) is 5.73 Å². The van der Waals surface area contributed by atoms with Gasteiger partial charge in [0.25, 0.3) is 0 Å². The summed E-state index contributed by atoms with van der Waals surface area (Å²) >= 11 is 0. The van der Waals surface area contributed by atoms with E-state index in [0.717, 1.165) is 5.69 Å². The Balaban J connectivity index is 2.11. The van der Waals surface area contributed by atoms with Crippen LogP contribution in [-0.4, -0.2) is 14.8 Å². The lowest BCUT2D eigenvalue weighted by molar-refractivity contribution is 0.579. The van der Waals surface area contributed by atoms with E-state index < -0.39 is 11.6 Å². The van der Waals surface area contributed by atoms with Crippen molar-refractivity contribution in [2.24, 2.45) is 7.05 Å². The van der Waals surface area contributed by atoms with Crippen molar-refractivity contribution in [1.82, 2.24) is 14.8 Å². The van der Waals surface area contributed by atoms with Gasteiger partial charge >= 0.3 is 0 Å². The highest BCUT2D eigenvalue weighted by Gasteiger charge is 2.09. The molecule has 90 valence electrons. The number of halogens is 2. The fraction of sp³-hybridized carbons (Fsp3) is 0.200. The van der Waals surface area contributed by atoms with E-state index in [1.807, 2.05) is 0 Å². The summed E-state index contributed by atoms with van der Waals surface area (Å²) in [6.07, 6.45) is 1.76. The van der Waals surface area contributed by atoms with Gasteiger partial charge < -0.3 is 11.1 Å². The lowest BCUT2D eigenvalue weighted by Crippen LogP contribution is -2.07. The molecular weight excluding hydrogens is 228 g/mol. The van der Waals surface area contributed by atoms with Gasteiger partial charge in [-0.1, -0.05) is 0 Å². The first kappa shape index (κ1) is 11.3. The first-order valence-electron chi connectivity index (χ1n) is 4.90. The van der Waals surface area contributed by atoms with Gasteiger partial charge in [-0.2, -0.15) is 5.10 Å². The van der Waals surface area contributed by atoms with Gasteiger partial charge in [0.05, 0.1) is 12.2 Å². The predicted octanol–water partition coefficient (Wildman–Crippen LogP) is 1.29. The van der Waals surface area contributed by atoms with Crippen molar-refractivity contribution >= 4 is 11.6 Å². The number of hydrogen-bond acceptors (Lipinski definition) is 4. The Bertz CT molecular complexity index is 537. The van der Waals surface area contributed by atoms with Crippen molar-refractivity contribution in [2.45, 2.75) is 6.54 Å². The normalized spacial score (nSPS) is 10.5. The number of aromatic nitrogens is 3. The van der Waals surface area contributed by atoms with Gasteiger partial charge in [0, 0.05) is 19.3 Å². The highest BCUT2D eigenvalue weighted by molar-refractivity contribution is 5.44. The molecule has 0 aliphatic heterocycles. The summed E-state index contributed by atoms with van der Waals surface area (Å²) in [7, 11) is 1.78. The first-order valence-corrected chi connectivity index (χ1v) is 4.90. The van der Waals surface area contributed by atoms with Crippen molar-refractivity contribution in [3.05, 3.63) is 35.7 Å². The van der Waals surface area contributed by atoms with Crippen LogP contribution in [0.4, 0.5) is 20.4 Å². The SMILES string of the molecule is Cn1ccc(CNc2nc(N)c(F)cc2F)n1. The van der Waals surface area contributed by atoms with E-state index in [-0.39, 0.29) is 18.2 Å². The van der Waals surface area contributed by atoms with Crippen molar-refractivity contribution in [3.63, 3.8) is 0 Å². The number of aryl methyl sites for hydroxylation is 1. The third kappa shape index (κ3) is 2.49. The zero-order valence-corrected chi connectivity index (χ0v) is 9.11. The highest BCUT2D eigenvalue weighted by Crippen LogP contribution is 2.16. The maximum atomic E-state index is 13.3. The number of nitrogen functional groups attached to an aromatic ring is 1. The molecule has 0 amide bonds. The van der Waals surface area contributed by atoms with Crippen molar-refractivity contribution in [2.75, 3.05) is 11.1 Å². The molecule has 3 N–H and O–H groups in total. The number of nitrogens with zero attached hydrogens (tertiary/aromatic N) is 3. The Hall–Kier alpha value is -2.18. The Morgan fingerprint density at radius 1 is 1.41 bits per heavy atom. The van der Waals surface area contributed by atoms with Gasteiger partial charge in [-0.15, -0.1) is 0 Å². The maximum absolute atomic E-state index is 13.3. The molecule has 0 saturated carbocycles. The van der Waals surface area contributed by atoms with Gasteiger partial charge in [0.2, 0.25) is 0 Å². The molecule has 0 unspecified atom stereocenters. The van der Waals surface area contributed by atoms with Crippen molar-refractivity contribution in [3.8, 4) is 0 Å². The summed E-state index contributed by atoms with van der Waals surface area (Å²) in [5, 5.41) is 6.80. The second-order valence-electron chi connectivity index (χ2n) is 3.52. The van der Waals surface area contributed by atoms with E-state index in [0.29, 0.717) is 6.07 Å². The second kappa shape index (κ2) is 4.36. The molecule has 2 aromatic rings. The van der Waals surface area contributed by atoms with Crippen LogP contribution in [0.15, 0.2) is 18.3 Å². The van der Waals surface area contributed by atoms with Crippen LogP contribution in [0.3, 0.4) is 0 Å². The second-order valence-corrected chi connectivity index (χ2v) is 3.52. The fourth-order valence-electron chi connectivity index (χ4n) is 1.34. The van der Waals surface area contributed by atoms with Crippen LogP contribution in [0.5, 0.6) is 0 Å². The predicted molar refractivity (Wildman–Crippen MR) is 59.1 cm³/mol. The summed E-state index contributed by atoms with van der Waals surface area (Å²) in [6, 6.07) is 2.47. The summed E-state index contributed by atoms with van der Waals surface area (Å²) < 4.78 is 27.8. The quantitative estimate of drug-likeness (QED) is 0.846. The molecule has 0 aromatic carbocycles. The minimum atomic E-state index is -0.870. The number of nitrogens with two attached hydrogens (primary N) is 1. The summed E-state index contributed by atoms with van der Waals surface area (Å²) in [4.78, 5) is 3.58. The zero-order chi connectivity index (χ0) is 12.4. The molecule has 7 heteroatoms. The van der Waals surface area contributed by atoms with Crippen LogP contribution in [-0.2, 0) is 13.6 Å². The van der Waals surface area contributed by atoms with E-state index in [1.165, 1.54) is 0 Å². The van der Waals surface area contributed by atoms with Crippen LogP contribution in [0.2, 0.25) is 0 Å². The fourth-order valence-corrected chi connectivity index (χ4v) is 1.34. The van der Waals surface area contributed by atoms with Gasteiger partial charge in [0.15, 0.2) is 23.3 Å². The van der Waals surface area contributed by atoms with E-state index in [9.17, 15) is 8.78 Å². The number of pyridine rings is 1. The van der Waals surface area contributed by atoms with Gasteiger partial charge in [-0.25, -0.2) is 13.8 Å². The molecule has 0 aliphatic carbocycles. The van der Waals surface area contributed by atoms with Crippen LogP contribution >= 0.6 is 0 Å². The van der Waals surface area contributed by atoms with E-state index in [1.54, 1.807) is 24.0 Å². The molecule has 0 fully saturated rings. The molecule has 5 nitrogen and oxygen atoms in total. The average Bonchev–Trinajstić information content (AvgIpc) is 2.68. The largest absolute Gasteiger partial charge is 0.381 e. The van der Waals surface area contributed by atoms with Crippen LogP contribution in [0.25, 0.3) is 0 Å². The smallest absolute Gasteiger partial charge is 0.168 e. The molecule has 0 spiro atoms. The first-order chi connectivity index (χ1) is 8.06. The van der Waals surface area contributed by atoms with Crippen LogP contribution in [0.1, 0.15) is 5.69 Å². The third-order valence-corrected chi connectivity index (χ3v) is 2.16. The van der Waals surface area contributed by atoms with Crippen LogP contribution < -0.4 is 11.1 Å². The summed E-state index contributed by atoms with van der Waals surface area (Å²) in [5.41, 5.74) is 5.97. The molecule has 17 heavy (non-hydrogen) atoms. The van der Waals surface area contributed by atoms with Crippen molar-refractivity contribution in [1.29, 1.82) is 0 Å². The van der Waals surface area contributed by atoms with E-state index in [2.05, 4.69) is 15.4 Å². The molecule has 2 heterocycles. The molecule has 2 aromatic heterocycles. The van der Waals surface area contributed by atoms with Crippen molar-refractivity contribution < 1.29 is 8.78 Å². The zero-order valence-electron chi connectivity index (χ0n) is 9.11. The number of nitrogens with one attached hydrogen (secondary N) is 1. The Labute approximate surface area is 96.3 Å². The molecule has 0 bridgehead atoms. The Morgan fingerprint density at radius 2 is 2.18 bits per heavy atom. The van der Waals surface area contributed by atoms with Gasteiger partial charge in [-0.3, -0.25) is 4.68 Å². The topological polar surface area (TPSA) is 68.8 Å². The van der Waals surface area contributed by atoms with Gasteiger partial charge in [-0.05, 0) is 6.07 Å². The van der Waals surface area contributed by atoms with E-state index >= 15 is 0 Å². The molecule has 0 radical (unpaired) electrons.